The fraction of sp³-hybridized carbons (Fsp3) is 0.591. The Labute approximate surface area is 186 Å². The number of aryl methyl sites for hydroxylation is 1. The van der Waals surface area contributed by atoms with Gasteiger partial charge in [0.1, 0.15) is 0 Å². The normalized spacial score (nSPS) is 12.6. The van der Waals surface area contributed by atoms with Gasteiger partial charge in [-0.15, -0.1) is 24.0 Å². The van der Waals surface area contributed by atoms with Crippen LogP contribution in [0.5, 0.6) is 0 Å². The second-order valence-electron chi connectivity index (χ2n) is 7.07. The van der Waals surface area contributed by atoms with Crippen molar-refractivity contribution in [2.24, 2.45) is 10.9 Å². The molecule has 1 aromatic carbocycles. The summed E-state index contributed by atoms with van der Waals surface area (Å²) in [6, 6.07) is 6.53. The molecule has 1 heterocycles. The van der Waals surface area contributed by atoms with Crippen LogP contribution < -0.4 is 10.6 Å². The summed E-state index contributed by atoms with van der Waals surface area (Å²) in [5.41, 5.74) is 3.97. The second-order valence-corrected chi connectivity index (χ2v) is 7.07. The molecule has 6 heteroatoms. The minimum Gasteiger partial charge on any atom is -0.396 e. The summed E-state index contributed by atoms with van der Waals surface area (Å²) in [6.07, 6.45) is 7.19. The SMILES string of the molecule is CCCC(CCO)CN=C(NCC)NCCc1c[nH]c2c(CC)cccc12.I. The van der Waals surface area contributed by atoms with Crippen molar-refractivity contribution in [3.8, 4) is 0 Å². The van der Waals surface area contributed by atoms with Gasteiger partial charge < -0.3 is 20.7 Å². The van der Waals surface area contributed by atoms with Gasteiger partial charge in [0.05, 0.1) is 0 Å². The molecule has 0 fully saturated rings. The molecule has 0 bridgehead atoms. The number of para-hydroxylation sites is 1. The number of aliphatic hydroxyl groups excluding tert-OH is 1. The molecule has 5 nitrogen and oxygen atoms in total. The Hall–Kier alpha value is -1.28. The Morgan fingerprint density at radius 3 is 2.64 bits per heavy atom. The number of H-pyrrole nitrogens is 1. The van der Waals surface area contributed by atoms with E-state index in [4.69, 9.17) is 4.99 Å². The van der Waals surface area contributed by atoms with Gasteiger partial charge in [0.15, 0.2) is 5.96 Å². The number of nitrogens with one attached hydrogen (secondary N) is 3. The van der Waals surface area contributed by atoms with Crippen molar-refractivity contribution in [3.05, 3.63) is 35.5 Å². The van der Waals surface area contributed by atoms with E-state index in [0.29, 0.717) is 5.92 Å². The third-order valence-electron chi connectivity index (χ3n) is 5.04. The number of nitrogens with zero attached hydrogens (tertiary/aromatic N) is 1. The maximum atomic E-state index is 9.22. The maximum Gasteiger partial charge on any atom is 0.191 e. The Kier molecular flexibility index (Phi) is 12.2. The van der Waals surface area contributed by atoms with Crippen molar-refractivity contribution in [3.63, 3.8) is 0 Å². The number of hydrogen-bond donors (Lipinski definition) is 4. The van der Waals surface area contributed by atoms with Crippen molar-refractivity contribution in [2.45, 2.75) is 52.9 Å². The first kappa shape index (κ1) is 24.8. The van der Waals surface area contributed by atoms with Crippen LogP contribution in [0.2, 0.25) is 0 Å². The number of rotatable bonds is 11. The number of benzene rings is 1. The zero-order chi connectivity index (χ0) is 19.5. The van der Waals surface area contributed by atoms with Crippen molar-refractivity contribution in [1.29, 1.82) is 0 Å². The molecule has 0 amide bonds. The van der Waals surface area contributed by atoms with Crippen LogP contribution in [-0.4, -0.2) is 42.3 Å². The predicted octanol–water partition coefficient (Wildman–Crippen LogP) is 4.24. The highest BCUT2D eigenvalue weighted by molar-refractivity contribution is 14.0. The standard InChI is InChI=1S/C22H36N4O.HI/c1-4-8-17(12-14-27)15-26-22(23-6-3)24-13-11-19-16-25-21-18(5-2)9-7-10-20(19)21;/h7,9-10,16-17,25,27H,4-6,8,11-15H2,1-3H3,(H2,23,24,26);1H. The average Bonchev–Trinajstić information content (AvgIpc) is 3.09. The summed E-state index contributed by atoms with van der Waals surface area (Å²) in [4.78, 5) is 8.18. The molecular weight excluding hydrogens is 463 g/mol. The fourth-order valence-corrected chi connectivity index (χ4v) is 3.57. The lowest BCUT2D eigenvalue weighted by Gasteiger charge is -2.15. The lowest BCUT2D eigenvalue weighted by molar-refractivity contribution is 0.253. The van der Waals surface area contributed by atoms with Crippen LogP contribution in [0.15, 0.2) is 29.4 Å². The average molecular weight is 500 g/mol. The van der Waals surface area contributed by atoms with Crippen molar-refractivity contribution >= 4 is 40.8 Å². The molecule has 0 aliphatic rings. The highest BCUT2D eigenvalue weighted by Gasteiger charge is 2.09. The first-order valence-electron chi connectivity index (χ1n) is 10.4. The van der Waals surface area contributed by atoms with E-state index in [9.17, 15) is 5.11 Å². The quantitative estimate of drug-likeness (QED) is 0.212. The summed E-state index contributed by atoms with van der Waals surface area (Å²) < 4.78 is 0. The summed E-state index contributed by atoms with van der Waals surface area (Å²) in [6.45, 7) is 9.15. The van der Waals surface area contributed by atoms with Crippen LogP contribution in [0.25, 0.3) is 10.9 Å². The summed E-state index contributed by atoms with van der Waals surface area (Å²) in [5, 5.41) is 17.3. The van der Waals surface area contributed by atoms with Crippen LogP contribution in [0.1, 0.15) is 51.2 Å². The predicted molar refractivity (Wildman–Crippen MR) is 131 cm³/mol. The maximum absolute atomic E-state index is 9.22. The van der Waals surface area contributed by atoms with Crippen LogP contribution in [0, 0.1) is 5.92 Å². The van der Waals surface area contributed by atoms with Crippen LogP contribution in [0.4, 0.5) is 0 Å². The molecule has 0 aliphatic carbocycles. The number of halogens is 1. The molecule has 1 unspecified atom stereocenters. The Bertz CT molecular complexity index is 708. The minimum atomic E-state index is 0. The van der Waals surface area contributed by atoms with Crippen molar-refractivity contribution in [1.82, 2.24) is 15.6 Å². The van der Waals surface area contributed by atoms with Gasteiger partial charge in [-0.3, -0.25) is 4.99 Å². The third-order valence-corrected chi connectivity index (χ3v) is 5.04. The summed E-state index contributed by atoms with van der Waals surface area (Å²) in [7, 11) is 0. The smallest absolute Gasteiger partial charge is 0.191 e. The Morgan fingerprint density at radius 2 is 1.96 bits per heavy atom. The number of aliphatic imine (C=N–C) groups is 1. The molecule has 0 radical (unpaired) electrons. The molecular formula is C22H37IN4O. The highest BCUT2D eigenvalue weighted by Crippen LogP contribution is 2.22. The number of aliphatic hydroxyl groups is 1. The first-order chi connectivity index (χ1) is 13.2. The molecule has 0 aliphatic heterocycles. The Balaban J connectivity index is 0.00000392. The highest BCUT2D eigenvalue weighted by atomic mass is 127. The van der Waals surface area contributed by atoms with Gasteiger partial charge in [0.25, 0.3) is 0 Å². The summed E-state index contributed by atoms with van der Waals surface area (Å²) in [5.74, 6) is 1.32. The van der Waals surface area contributed by atoms with Gasteiger partial charge in [-0.1, -0.05) is 38.5 Å². The molecule has 2 aromatic rings. The second kappa shape index (κ2) is 13.8. The molecule has 4 N–H and O–H groups in total. The van der Waals surface area contributed by atoms with E-state index in [1.807, 2.05) is 0 Å². The van der Waals surface area contributed by atoms with Gasteiger partial charge in [0, 0.05) is 43.3 Å². The van der Waals surface area contributed by atoms with Gasteiger partial charge in [-0.05, 0) is 49.7 Å². The molecule has 2 rings (SSSR count). The first-order valence-corrected chi connectivity index (χ1v) is 10.4. The van der Waals surface area contributed by atoms with Gasteiger partial charge in [0.2, 0.25) is 0 Å². The Morgan fingerprint density at radius 1 is 1.14 bits per heavy atom. The minimum absolute atomic E-state index is 0. The van der Waals surface area contributed by atoms with Gasteiger partial charge in [-0.25, -0.2) is 0 Å². The molecule has 1 aromatic heterocycles. The van der Waals surface area contributed by atoms with Crippen LogP contribution in [0.3, 0.4) is 0 Å². The third kappa shape index (κ3) is 7.28. The monoisotopic (exact) mass is 500 g/mol. The van der Waals surface area contributed by atoms with Crippen LogP contribution in [-0.2, 0) is 12.8 Å². The molecule has 0 saturated heterocycles. The number of guanidine groups is 1. The number of aromatic amines is 1. The van der Waals surface area contributed by atoms with E-state index < -0.39 is 0 Å². The number of fused-ring (bicyclic) bond motifs is 1. The van der Waals surface area contributed by atoms with E-state index in [1.54, 1.807) is 0 Å². The van der Waals surface area contributed by atoms with E-state index >= 15 is 0 Å². The molecule has 158 valence electrons. The van der Waals surface area contributed by atoms with E-state index in [0.717, 1.165) is 57.7 Å². The number of hydrogen-bond acceptors (Lipinski definition) is 2. The van der Waals surface area contributed by atoms with E-state index in [2.05, 4.69) is 60.8 Å². The van der Waals surface area contributed by atoms with Gasteiger partial charge >= 0.3 is 0 Å². The van der Waals surface area contributed by atoms with Crippen molar-refractivity contribution in [2.75, 3.05) is 26.2 Å². The molecule has 1 atom stereocenters. The fourth-order valence-electron chi connectivity index (χ4n) is 3.57. The topological polar surface area (TPSA) is 72.4 Å². The zero-order valence-electron chi connectivity index (χ0n) is 17.6. The van der Waals surface area contributed by atoms with Gasteiger partial charge in [-0.2, -0.15) is 0 Å². The summed E-state index contributed by atoms with van der Waals surface area (Å²) >= 11 is 0. The van der Waals surface area contributed by atoms with E-state index in [1.165, 1.54) is 22.0 Å². The van der Waals surface area contributed by atoms with Crippen molar-refractivity contribution < 1.29 is 5.11 Å². The van der Waals surface area contributed by atoms with Crippen LogP contribution >= 0.6 is 24.0 Å². The lowest BCUT2D eigenvalue weighted by Crippen LogP contribution is -2.38. The molecule has 0 spiro atoms. The largest absolute Gasteiger partial charge is 0.396 e. The van der Waals surface area contributed by atoms with E-state index in [-0.39, 0.29) is 30.6 Å². The zero-order valence-corrected chi connectivity index (χ0v) is 19.9. The lowest BCUT2D eigenvalue weighted by atomic mass is 10.0. The molecule has 28 heavy (non-hydrogen) atoms. The molecule has 0 saturated carbocycles. The number of aromatic nitrogens is 1.